The van der Waals surface area contributed by atoms with Gasteiger partial charge in [-0.25, -0.2) is 0 Å². The van der Waals surface area contributed by atoms with Gasteiger partial charge in [0.25, 0.3) is 0 Å². The summed E-state index contributed by atoms with van der Waals surface area (Å²) in [5, 5.41) is 3.77. The largest absolute Gasteiger partial charge is 0.311 e. The van der Waals surface area contributed by atoms with Gasteiger partial charge < -0.3 is 5.32 Å². The van der Waals surface area contributed by atoms with E-state index in [2.05, 4.69) is 30.6 Å². The molecule has 0 amide bonds. The molecule has 0 aromatic heterocycles. The normalized spacial score (nSPS) is 30.8. The zero-order chi connectivity index (χ0) is 12.3. The van der Waals surface area contributed by atoms with Gasteiger partial charge in [-0.2, -0.15) is 0 Å². The number of rotatable bonds is 6. The predicted octanol–water partition coefficient (Wildman–Crippen LogP) is 2.66. The van der Waals surface area contributed by atoms with Gasteiger partial charge in [0, 0.05) is 25.2 Å². The molecule has 1 heterocycles. The van der Waals surface area contributed by atoms with Crippen LogP contribution < -0.4 is 5.32 Å². The lowest BCUT2D eigenvalue weighted by atomic mass is 9.96. The summed E-state index contributed by atoms with van der Waals surface area (Å²) in [6.07, 6.45) is 7.37. The van der Waals surface area contributed by atoms with E-state index in [1.807, 2.05) is 6.08 Å². The average Bonchev–Trinajstić information content (AvgIpc) is 3.13. The van der Waals surface area contributed by atoms with Crippen molar-refractivity contribution in [3.05, 3.63) is 12.7 Å². The topological polar surface area (TPSA) is 15.3 Å². The number of hydrogen-bond acceptors (Lipinski definition) is 2. The summed E-state index contributed by atoms with van der Waals surface area (Å²) in [4.78, 5) is 2.73. The summed E-state index contributed by atoms with van der Waals surface area (Å²) in [7, 11) is 0. The molecule has 2 rings (SSSR count). The van der Waals surface area contributed by atoms with Gasteiger partial charge in [-0.05, 0) is 44.1 Å². The number of piperazine rings is 1. The molecule has 1 aliphatic heterocycles. The molecule has 2 nitrogen and oxygen atoms in total. The van der Waals surface area contributed by atoms with Crippen LogP contribution in [0.5, 0.6) is 0 Å². The first-order valence-corrected chi connectivity index (χ1v) is 7.30. The van der Waals surface area contributed by atoms with E-state index in [1.54, 1.807) is 0 Å². The minimum absolute atomic E-state index is 0.731. The van der Waals surface area contributed by atoms with Crippen molar-refractivity contribution >= 4 is 0 Å². The Bertz CT molecular complexity index is 245. The van der Waals surface area contributed by atoms with Crippen molar-refractivity contribution in [2.75, 3.05) is 19.6 Å². The Labute approximate surface area is 106 Å². The molecular formula is C15H28N2. The highest BCUT2D eigenvalue weighted by atomic mass is 15.2. The van der Waals surface area contributed by atoms with Crippen LogP contribution in [0.4, 0.5) is 0 Å². The van der Waals surface area contributed by atoms with Gasteiger partial charge >= 0.3 is 0 Å². The highest BCUT2D eigenvalue weighted by Gasteiger charge is 2.37. The van der Waals surface area contributed by atoms with Crippen molar-refractivity contribution < 1.29 is 0 Å². The summed E-state index contributed by atoms with van der Waals surface area (Å²) in [5.41, 5.74) is 0. The average molecular weight is 236 g/mol. The highest BCUT2D eigenvalue weighted by Crippen LogP contribution is 2.34. The zero-order valence-corrected chi connectivity index (χ0v) is 11.5. The molecule has 0 spiro atoms. The van der Waals surface area contributed by atoms with Crippen molar-refractivity contribution in [2.24, 2.45) is 11.8 Å². The lowest BCUT2D eigenvalue weighted by molar-refractivity contribution is 0.0914. The molecule has 17 heavy (non-hydrogen) atoms. The van der Waals surface area contributed by atoms with Crippen LogP contribution in [0.2, 0.25) is 0 Å². The Morgan fingerprint density at radius 2 is 2.18 bits per heavy atom. The van der Waals surface area contributed by atoms with Crippen LogP contribution in [0.25, 0.3) is 0 Å². The fourth-order valence-corrected chi connectivity index (χ4v) is 3.02. The third-order valence-corrected chi connectivity index (χ3v) is 4.30. The molecule has 2 aliphatic rings. The van der Waals surface area contributed by atoms with Crippen molar-refractivity contribution in [2.45, 2.75) is 51.6 Å². The van der Waals surface area contributed by atoms with Crippen LogP contribution in [-0.2, 0) is 0 Å². The van der Waals surface area contributed by atoms with E-state index in [0.717, 1.165) is 30.3 Å². The maximum Gasteiger partial charge on any atom is 0.0244 e. The zero-order valence-electron chi connectivity index (χ0n) is 11.5. The van der Waals surface area contributed by atoms with E-state index in [4.69, 9.17) is 0 Å². The summed E-state index contributed by atoms with van der Waals surface area (Å²) < 4.78 is 0. The van der Waals surface area contributed by atoms with Gasteiger partial charge in [-0.15, -0.1) is 6.58 Å². The molecule has 0 radical (unpaired) electrons. The Kier molecular flexibility index (Phi) is 4.63. The standard InChI is InChI=1S/C15H28N2/c1-4-5-6-9-17-11-14(13-7-8-13)16-10-15(17)12(2)3/h4,12-16H,1,5-11H2,2-3H3. The Balaban J connectivity index is 1.86. The molecule has 1 aliphatic carbocycles. The first-order chi connectivity index (χ1) is 8.22. The van der Waals surface area contributed by atoms with E-state index < -0.39 is 0 Å². The molecule has 2 atom stereocenters. The van der Waals surface area contributed by atoms with Gasteiger partial charge in [0.1, 0.15) is 0 Å². The summed E-state index contributed by atoms with van der Waals surface area (Å²) in [6, 6.07) is 1.50. The number of nitrogens with one attached hydrogen (secondary N) is 1. The summed E-state index contributed by atoms with van der Waals surface area (Å²) in [6.45, 7) is 12.2. The molecule has 2 fully saturated rings. The molecule has 98 valence electrons. The number of nitrogens with zero attached hydrogens (tertiary/aromatic N) is 1. The van der Waals surface area contributed by atoms with Crippen molar-refractivity contribution in [3.63, 3.8) is 0 Å². The lowest BCUT2D eigenvalue weighted by Gasteiger charge is -2.42. The van der Waals surface area contributed by atoms with E-state index in [-0.39, 0.29) is 0 Å². The Morgan fingerprint density at radius 3 is 2.76 bits per heavy atom. The third-order valence-electron chi connectivity index (χ3n) is 4.30. The minimum Gasteiger partial charge on any atom is -0.311 e. The van der Waals surface area contributed by atoms with Crippen LogP contribution in [0.1, 0.15) is 39.5 Å². The van der Waals surface area contributed by atoms with Crippen molar-refractivity contribution in [1.29, 1.82) is 0 Å². The second-order valence-corrected chi connectivity index (χ2v) is 6.09. The molecule has 2 unspecified atom stereocenters. The van der Waals surface area contributed by atoms with Gasteiger partial charge in [-0.1, -0.05) is 19.9 Å². The fraction of sp³-hybridized carbons (Fsp3) is 0.867. The number of allylic oxidation sites excluding steroid dienone is 1. The monoisotopic (exact) mass is 236 g/mol. The van der Waals surface area contributed by atoms with Crippen LogP contribution >= 0.6 is 0 Å². The van der Waals surface area contributed by atoms with Crippen LogP contribution in [0.3, 0.4) is 0 Å². The molecule has 1 saturated heterocycles. The first kappa shape index (κ1) is 13.1. The summed E-state index contributed by atoms with van der Waals surface area (Å²) in [5.74, 6) is 1.73. The van der Waals surface area contributed by atoms with E-state index in [1.165, 1.54) is 38.9 Å². The maximum absolute atomic E-state index is 3.82. The molecule has 1 N–H and O–H groups in total. The molecule has 1 saturated carbocycles. The lowest BCUT2D eigenvalue weighted by Crippen LogP contribution is -2.59. The number of hydrogen-bond donors (Lipinski definition) is 1. The Morgan fingerprint density at radius 1 is 1.41 bits per heavy atom. The van der Waals surface area contributed by atoms with Gasteiger partial charge in [0.15, 0.2) is 0 Å². The minimum atomic E-state index is 0.731. The molecule has 0 aromatic rings. The van der Waals surface area contributed by atoms with E-state index in [0.29, 0.717) is 0 Å². The van der Waals surface area contributed by atoms with E-state index in [9.17, 15) is 0 Å². The molecular weight excluding hydrogens is 208 g/mol. The molecule has 0 bridgehead atoms. The van der Waals surface area contributed by atoms with Crippen LogP contribution in [0, 0.1) is 11.8 Å². The highest BCUT2D eigenvalue weighted by molar-refractivity contribution is 4.95. The smallest absolute Gasteiger partial charge is 0.0244 e. The van der Waals surface area contributed by atoms with Crippen molar-refractivity contribution in [1.82, 2.24) is 10.2 Å². The number of unbranched alkanes of at least 4 members (excludes halogenated alkanes) is 1. The maximum atomic E-state index is 3.82. The molecule has 2 heteroatoms. The third kappa shape index (κ3) is 3.56. The van der Waals surface area contributed by atoms with Crippen LogP contribution in [0.15, 0.2) is 12.7 Å². The SMILES string of the molecule is C=CCCCN1CC(C2CC2)NCC1C(C)C. The molecule has 0 aromatic carbocycles. The first-order valence-electron chi connectivity index (χ1n) is 7.30. The van der Waals surface area contributed by atoms with Crippen molar-refractivity contribution in [3.8, 4) is 0 Å². The van der Waals surface area contributed by atoms with Crippen LogP contribution in [-0.4, -0.2) is 36.6 Å². The second kappa shape index (κ2) is 6.01. The van der Waals surface area contributed by atoms with Gasteiger partial charge in [0.05, 0.1) is 0 Å². The fourth-order valence-electron chi connectivity index (χ4n) is 3.02. The van der Waals surface area contributed by atoms with E-state index >= 15 is 0 Å². The van der Waals surface area contributed by atoms with Gasteiger partial charge in [-0.3, -0.25) is 4.90 Å². The Hall–Kier alpha value is -0.340. The van der Waals surface area contributed by atoms with Gasteiger partial charge in [0.2, 0.25) is 0 Å². The summed E-state index contributed by atoms with van der Waals surface area (Å²) >= 11 is 0. The second-order valence-electron chi connectivity index (χ2n) is 6.09. The quantitative estimate of drug-likeness (QED) is 0.563. The predicted molar refractivity (Wildman–Crippen MR) is 74.1 cm³/mol.